The molecule has 2 amide bonds. The summed E-state index contributed by atoms with van der Waals surface area (Å²) in [5.74, 6) is 0.728. The lowest BCUT2D eigenvalue weighted by atomic mass is 10.1. The second-order valence-corrected chi connectivity index (χ2v) is 7.28. The average Bonchev–Trinajstić information content (AvgIpc) is 3.24. The predicted octanol–water partition coefficient (Wildman–Crippen LogP) is 3.71. The van der Waals surface area contributed by atoms with E-state index in [4.69, 9.17) is 9.47 Å². The molecule has 0 aliphatic carbocycles. The molecule has 152 valence electrons. The Morgan fingerprint density at radius 3 is 2.64 bits per heavy atom. The van der Waals surface area contributed by atoms with Crippen molar-refractivity contribution in [3.05, 3.63) is 46.2 Å². The molecule has 0 aliphatic rings. The molecule has 0 saturated heterocycles. The second kappa shape index (κ2) is 11.3. The Morgan fingerprint density at radius 1 is 1.18 bits per heavy atom. The van der Waals surface area contributed by atoms with Gasteiger partial charge in [-0.2, -0.15) is 0 Å². The Hall–Kier alpha value is -2.54. The highest BCUT2D eigenvalue weighted by Crippen LogP contribution is 2.28. The maximum atomic E-state index is 12.8. The van der Waals surface area contributed by atoms with Gasteiger partial charge in [0.25, 0.3) is 5.91 Å². The number of likely N-dealkylation sites (N-methyl/N-ethyl adjacent to an activating group) is 1. The van der Waals surface area contributed by atoms with Crippen molar-refractivity contribution >= 4 is 23.2 Å². The van der Waals surface area contributed by atoms with E-state index in [0.29, 0.717) is 36.8 Å². The molecule has 1 N–H and O–H groups in total. The van der Waals surface area contributed by atoms with Gasteiger partial charge in [0.2, 0.25) is 5.91 Å². The van der Waals surface area contributed by atoms with Crippen molar-refractivity contribution in [2.75, 3.05) is 26.8 Å². The third kappa shape index (κ3) is 6.27. The van der Waals surface area contributed by atoms with E-state index in [1.54, 1.807) is 36.6 Å². The van der Waals surface area contributed by atoms with Gasteiger partial charge in [-0.05, 0) is 43.0 Å². The summed E-state index contributed by atoms with van der Waals surface area (Å²) in [4.78, 5) is 27.6. The number of carbonyl (C=O) groups excluding carboxylic acids is 2. The van der Waals surface area contributed by atoms with Crippen LogP contribution >= 0.6 is 11.3 Å². The summed E-state index contributed by atoms with van der Waals surface area (Å²) in [6, 6.07) is 9.02. The normalized spacial score (nSPS) is 10.4. The Morgan fingerprint density at radius 2 is 2.00 bits per heavy atom. The number of methoxy groups -OCH3 is 1. The zero-order valence-corrected chi connectivity index (χ0v) is 17.5. The molecule has 7 heteroatoms. The van der Waals surface area contributed by atoms with Crippen LogP contribution in [0.4, 0.5) is 0 Å². The molecule has 0 atom stereocenters. The molecular weight excluding hydrogens is 376 g/mol. The van der Waals surface area contributed by atoms with Gasteiger partial charge in [-0.1, -0.05) is 19.4 Å². The Balaban J connectivity index is 1.99. The molecule has 2 rings (SSSR count). The van der Waals surface area contributed by atoms with E-state index in [1.807, 2.05) is 24.4 Å². The molecular formula is C21H28N2O4S. The van der Waals surface area contributed by atoms with Crippen LogP contribution in [-0.2, 0) is 11.3 Å². The summed E-state index contributed by atoms with van der Waals surface area (Å²) < 4.78 is 11.1. The first kappa shape index (κ1) is 21.8. The molecule has 0 bridgehead atoms. The molecule has 0 fully saturated rings. The summed E-state index contributed by atoms with van der Waals surface area (Å²) in [6.45, 7) is 5.47. The van der Waals surface area contributed by atoms with E-state index in [2.05, 4.69) is 12.2 Å². The molecule has 0 radical (unpaired) electrons. The number of unbranched alkanes of at least 4 members (excludes halogenated alkanes) is 1. The van der Waals surface area contributed by atoms with Gasteiger partial charge < -0.3 is 19.7 Å². The lowest BCUT2D eigenvalue weighted by Crippen LogP contribution is -2.40. The van der Waals surface area contributed by atoms with Crippen molar-refractivity contribution in [2.45, 2.75) is 33.2 Å². The smallest absolute Gasteiger partial charge is 0.254 e. The molecule has 28 heavy (non-hydrogen) atoms. The number of rotatable bonds is 11. The SMILES string of the molecule is CCCCOc1ccc(C(=O)N(CC)CC(=O)NCc2cccs2)cc1OC. The highest BCUT2D eigenvalue weighted by molar-refractivity contribution is 7.09. The number of thiophene rings is 1. The van der Waals surface area contributed by atoms with Gasteiger partial charge >= 0.3 is 0 Å². The van der Waals surface area contributed by atoms with E-state index < -0.39 is 0 Å². The molecule has 0 spiro atoms. The first-order chi connectivity index (χ1) is 13.6. The average molecular weight is 405 g/mol. The van der Waals surface area contributed by atoms with E-state index in [-0.39, 0.29) is 18.4 Å². The van der Waals surface area contributed by atoms with Crippen molar-refractivity contribution in [1.29, 1.82) is 0 Å². The van der Waals surface area contributed by atoms with Gasteiger partial charge in [0.05, 0.1) is 26.8 Å². The number of ether oxygens (including phenoxy) is 2. The molecule has 6 nitrogen and oxygen atoms in total. The number of hydrogen-bond donors (Lipinski definition) is 1. The standard InChI is InChI=1S/C21H28N2O4S/c1-4-6-11-27-18-10-9-16(13-19(18)26-3)21(25)23(5-2)15-20(24)22-14-17-8-7-12-28-17/h7-10,12-13H,4-6,11,14-15H2,1-3H3,(H,22,24). The van der Waals surface area contributed by atoms with Crippen LogP contribution < -0.4 is 14.8 Å². The molecule has 0 saturated carbocycles. The van der Waals surface area contributed by atoms with E-state index >= 15 is 0 Å². The van der Waals surface area contributed by atoms with Gasteiger partial charge in [0, 0.05) is 17.0 Å². The number of carbonyl (C=O) groups is 2. The minimum Gasteiger partial charge on any atom is -0.493 e. The van der Waals surface area contributed by atoms with Crippen LogP contribution in [0.2, 0.25) is 0 Å². The Kier molecular flexibility index (Phi) is 8.81. The lowest BCUT2D eigenvalue weighted by molar-refractivity contribution is -0.121. The van der Waals surface area contributed by atoms with Crippen molar-refractivity contribution in [1.82, 2.24) is 10.2 Å². The predicted molar refractivity (Wildman–Crippen MR) is 111 cm³/mol. The zero-order valence-electron chi connectivity index (χ0n) is 16.7. The topological polar surface area (TPSA) is 67.9 Å². The quantitative estimate of drug-likeness (QED) is 0.580. The minimum atomic E-state index is -0.216. The van der Waals surface area contributed by atoms with Crippen molar-refractivity contribution in [3.63, 3.8) is 0 Å². The summed E-state index contributed by atoms with van der Waals surface area (Å²) >= 11 is 1.58. The van der Waals surface area contributed by atoms with Gasteiger partial charge in [-0.15, -0.1) is 11.3 Å². The van der Waals surface area contributed by atoms with Crippen LogP contribution in [0.15, 0.2) is 35.7 Å². The highest BCUT2D eigenvalue weighted by atomic mass is 32.1. The molecule has 0 aliphatic heterocycles. The molecule has 0 unspecified atom stereocenters. The first-order valence-corrected chi connectivity index (χ1v) is 10.4. The summed E-state index contributed by atoms with van der Waals surface area (Å²) in [6.07, 6.45) is 1.99. The lowest BCUT2D eigenvalue weighted by Gasteiger charge is -2.21. The molecule has 1 aromatic carbocycles. The second-order valence-electron chi connectivity index (χ2n) is 6.24. The van der Waals surface area contributed by atoms with Crippen molar-refractivity contribution in [3.8, 4) is 11.5 Å². The summed E-state index contributed by atoms with van der Waals surface area (Å²) in [5.41, 5.74) is 0.465. The van der Waals surface area contributed by atoms with Crippen LogP contribution in [0, 0.1) is 0 Å². The maximum absolute atomic E-state index is 12.8. The number of nitrogens with zero attached hydrogens (tertiary/aromatic N) is 1. The number of amides is 2. The fourth-order valence-electron chi connectivity index (χ4n) is 2.58. The van der Waals surface area contributed by atoms with Gasteiger partial charge in [-0.25, -0.2) is 0 Å². The molecule has 1 aromatic heterocycles. The van der Waals surface area contributed by atoms with Crippen LogP contribution in [0.3, 0.4) is 0 Å². The fraction of sp³-hybridized carbons (Fsp3) is 0.429. The number of benzene rings is 1. The zero-order chi connectivity index (χ0) is 20.4. The van der Waals surface area contributed by atoms with E-state index in [0.717, 1.165) is 17.7 Å². The van der Waals surface area contributed by atoms with Gasteiger partial charge in [-0.3, -0.25) is 9.59 Å². The van der Waals surface area contributed by atoms with Crippen LogP contribution in [0.25, 0.3) is 0 Å². The Bertz CT molecular complexity index is 762. The monoisotopic (exact) mass is 404 g/mol. The van der Waals surface area contributed by atoms with Crippen LogP contribution in [-0.4, -0.2) is 43.5 Å². The van der Waals surface area contributed by atoms with Crippen LogP contribution in [0.5, 0.6) is 11.5 Å². The summed E-state index contributed by atoms with van der Waals surface area (Å²) in [7, 11) is 1.55. The van der Waals surface area contributed by atoms with Crippen molar-refractivity contribution < 1.29 is 19.1 Å². The van der Waals surface area contributed by atoms with Crippen LogP contribution in [0.1, 0.15) is 41.9 Å². The summed E-state index contributed by atoms with van der Waals surface area (Å²) in [5, 5.41) is 4.81. The van der Waals surface area contributed by atoms with Gasteiger partial charge in [0.15, 0.2) is 11.5 Å². The highest BCUT2D eigenvalue weighted by Gasteiger charge is 2.19. The van der Waals surface area contributed by atoms with E-state index in [9.17, 15) is 9.59 Å². The maximum Gasteiger partial charge on any atom is 0.254 e. The van der Waals surface area contributed by atoms with Crippen molar-refractivity contribution in [2.24, 2.45) is 0 Å². The fourth-order valence-corrected chi connectivity index (χ4v) is 3.23. The largest absolute Gasteiger partial charge is 0.493 e. The first-order valence-electron chi connectivity index (χ1n) is 9.48. The number of nitrogens with one attached hydrogen (secondary N) is 1. The Labute approximate surface area is 170 Å². The third-order valence-corrected chi connectivity index (χ3v) is 5.09. The number of hydrogen-bond acceptors (Lipinski definition) is 5. The third-order valence-electron chi connectivity index (χ3n) is 4.21. The van der Waals surface area contributed by atoms with Gasteiger partial charge in [0.1, 0.15) is 0 Å². The van der Waals surface area contributed by atoms with E-state index in [1.165, 1.54) is 4.90 Å². The minimum absolute atomic E-state index is 0.0117. The molecule has 2 aromatic rings. The molecule has 1 heterocycles.